The maximum atomic E-state index is 13.0. The molecule has 2 atom stereocenters. The number of amides is 2. The molecule has 3 aromatic heterocycles. The van der Waals surface area contributed by atoms with Gasteiger partial charge in [0.1, 0.15) is 17.7 Å². The van der Waals surface area contributed by atoms with E-state index in [1.165, 1.54) is 0 Å². The van der Waals surface area contributed by atoms with Crippen LogP contribution >= 0.6 is 0 Å². The zero-order valence-corrected chi connectivity index (χ0v) is 33.1. The first-order chi connectivity index (χ1) is 27.6. The number of imide groups is 1. The van der Waals surface area contributed by atoms with Gasteiger partial charge in [-0.1, -0.05) is 18.2 Å². The zero-order chi connectivity index (χ0) is 39.8. The fourth-order valence-electron chi connectivity index (χ4n) is 8.92. The predicted octanol–water partition coefficient (Wildman–Crippen LogP) is 3.69. The molecule has 4 aromatic rings. The molecule has 300 valence electrons. The molecule has 2 unspecified atom stereocenters. The average molecular weight is 778 g/mol. The maximum absolute atomic E-state index is 13.0. The Kier molecular flexibility index (Phi) is 11.0. The van der Waals surface area contributed by atoms with E-state index in [1.807, 2.05) is 30.5 Å². The number of aromatic nitrogens is 5. The Balaban J connectivity index is 0.922. The normalized spacial score (nSPS) is 21.1. The first-order valence-electron chi connectivity index (χ1n) is 20.0. The summed E-state index contributed by atoms with van der Waals surface area (Å²) in [4.78, 5) is 72.1. The molecule has 0 radical (unpaired) electrons. The predicted molar refractivity (Wildman–Crippen MR) is 214 cm³/mol. The molecule has 0 saturated carbocycles. The number of piperidine rings is 3. The lowest BCUT2D eigenvalue weighted by atomic mass is 9.97. The molecule has 16 heteroatoms. The van der Waals surface area contributed by atoms with Crippen molar-refractivity contribution in [3.8, 4) is 0 Å². The summed E-state index contributed by atoms with van der Waals surface area (Å²) in [5.74, 6) is 1.70. The van der Waals surface area contributed by atoms with E-state index in [-0.39, 0.29) is 24.5 Å². The molecule has 8 rings (SSSR count). The molecule has 16 nitrogen and oxygen atoms in total. The standard InChI is InChI=1S/C41H51N11O5/c1-25(2)52-33-20-36(44-35-9-14-42-41(45-35)50-17-12-29(57-4)13-18-50)43-21-31(33)39(47-52)49-15-10-28(11-16-49)48(3)22-26-5-6-27-23-51(32-7-8-37(55)46-40(32)56)38(30(27)19-26)34(54)24-53/h5-6,9,14,19-21,24-25,28-29,32,38H,7-8,10-13,15-18,22-23H2,1-4H3,(H,46,55,56)(H,42,43,44,45). The third-order valence-electron chi connectivity index (χ3n) is 12.0. The number of rotatable bonds is 12. The number of nitrogens with zero attached hydrogens (tertiary/aromatic N) is 9. The molecule has 4 aliphatic heterocycles. The Morgan fingerprint density at radius 1 is 1.02 bits per heavy atom. The third kappa shape index (κ3) is 7.85. The summed E-state index contributed by atoms with van der Waals surface area (Å²) in [7, 11) is 3.89. The summed E-state index contributed by atoms with van der Waals surface area (Å²) in [6, 6.07) is 8.97. The molecule has 0 aliphatic carbocycles. The molecule has 2 amide bonds. The molecule has 1 aromatic carbocycles. The van der Waals surface area contributed by atoms with Crippen LogP contribution in [0, 0.1) is 0 Å². The van der Waals surface area contributed by atoms with Crippen molar-refractivity contribution in [2.45, 2.75) is 95.7 Å². The van der Waals surface area contributed by atoms with Crippen LogP contribution in [0.1, 0.15) is 81.1 Å². The minimum Gasteiger partial charge on any atom is -0.381 e. The number of ketones is 1. The highest BCUT2D eigenvalue weighted by Gasteiger charge is 2.43. The number of aldehydes is 1. The fourth-order valence-corrected chi connectivity index (χ4v) is 8.92. The number of fused-ring (bicyclic) bond motifs is 2. The molecule has 57 heavy (non-hydrogen) atoms. The van der Waals surface area contributed by atoms with Gasteiger partial charge in [0, 0.05) is 83.3 Å². The van der Waals surface area contributed by atoms with Crippen molar-refractivity contribution in [1.82, 2.24) is 39.8 Å². The van der Waals surface area contributed by atoms with E-state index in [1.54, 1.807) is 18.2 Å². The number of carbonyl (C=O) groups excluding carboxylic acids is 4. The summed E-state index contributed by atoms with van der Waals surface area (Å²) in [6.45, 7) is 8.69. The molecule has 0 bridgehead atoms. The first kappa shape index (κ1) is 38.5. The largest absolute Gasteiger partial charge is 0.381 e. The van der Waals surface area contributed by atoms with Gasteiger partial charge in [-0.25, -0.2) is 9.97 Å². The second kappa shape index (κ2) is 16.3. The number of pyridine rings is 1. The topological polar surface area (TPSA) is 171 Å². The third-order valence-corrected chi connectivity index (χ3v) is 12.0. The molecule has 0 spiro atoms. The molecule has 2 N–H and O–H groups in total. The van der Waals surface area contributed by atoms with Gasteiger partial charge in [0.25, 0.3) is 0 Å². The van der Waals surface area contributed by atoms with Crippen LogP contribution in [-0.4, -0.2) is 117 Å². The van der Waals surface area contributed by atoms with E-state index in [0.29, 0.717) is 49.4 Å². The van der Waals surface area contributed by atoms with Crippen LogP contribution in [0.3, 0.4) is 0 Å². The van der Waals surface area contributed by atoms with Crippen molar-refractivity contribution in [3.63, 3.8) is 0 Å². The van der Waals surface area contributed by atoms with Crippen LogP contribution < -0.4 is 20.4 Å². The molecule has 3 fully saturated rings. The Labute approximate surface area is 331 Å². The van der Waals surface area contributed by atoms with E-state index >= 15 is 0 Å². The van der Waals surface area contributed by atoms with Crippen LogP contribution in [-0.2, 0) is 37.0 Å². The summed E-state index contributed by atoms with van der Waals surface area (Å²) in [5, 5.41) is 11.9. The van der Waals surface area contributed by atoms with Gasteiger partial charge in [-0.3, -0.25) is 39.0 Å². The van der Waals surface area contributed by atoms with Crippen LogP contribution in [0.25, 0.3) is 10.9 Å². The zero-order valence-electron chi connectivity index (χ0n) is 33.1. The van der Waals surface area contributed by atoms with Crippen molar-refractivity contribution >= 4 is 58.2 Å². The average Bonchev–Trinajstić information content (AvgIpc) is 3.79. The van der Waals surface area contributed by atoms with Gasteiger partial charge in [0.2, 0.25) is 23.5 Å². The number of carbonyl (C=O) groups is 4. The molecule has 4 aliphatic rings. The number of hydrogen-bond acceptors (Lipinski definition) is 14. The summed E-state index contributed by atoms with van der Waals surface area (Å²) < 4.78 is 7.59. The fraction of sp³-hybridized carbons (Fsp3) is 0.512. The number of benzene rings is 1. The van der Waals surface area contributed by atoms with Gasteiger partial charge in [-0.05, 0) is 75.8 Å². The quantitative estimate of drug-likeness (QED) is 0.121. The highest BCUT2D eigenvalue weighted by molar-refractivity contribution is 6.27. The number of hydrogen-bond donors (Lipinski definition) is 2. The highest BCUT2D eigenvalue weighted by atomic mass is 16.5. The summed E-state index contributed by atoms with van der Waals surface area (Å²) >= 11 is 0. The van der Waals surface area contributed by atoms with E-state index in [9.17, 15) is 19.2 Å². The van der Waals surface area contributed by atoms with Crippen LogP contribution in [0.2, 0.25) is 0 Å². The minimum atomic E-state index is -0.841. The van der Waals surface area contributed by atoms with E-state index < -0.39 is 23.8 Å². The monoisotopic (exact) mass is 777 g/mol. The van der Waals surface area contributed by atoms with Crippen LogP contribution in [0.5, 0.6) is 0 Å². The van der Waals surface area contributed by atoms with Gasteiger partial charge in [0.05, 0.1) is 23.0 Å². The Bertz CT molecular complexity index is 2160. The highest BCUT2D eigenvalue weighted by Crippen LogP contribution is 2.39. The van der Waals surface area contributed by atoms with E-state index in [2.05, 4.69) is 62.0 Å². The molecule has 7 heterocycles. The number of nitrogens with one attached hydrogen (secondary N) is 2. The number of Topliss-reactive ketones (excluding diaryl/α,β-unsaturated/α-hetero) is 1. The Hall–Kier alpha value is -5.32. The van der Waals surface area contributed by atoms with Gasteiger partial charge in [-0.2, -0.15) is 10.1 Å². The van der Waals surface area contributed by atoms with Crippen molar-refractivity contribution in [2.75, 3.05) is 55.5 Å². The molecular weight excluding hydrogens is 727 g/mol. The second-order valence-electron chi connectivity index (χ2n) is 16.0. The van der Waals surface area contributed by atoms with Crippen LogP contribution in [0.4, 0.5) is 23.4 Å². The number of anilines is 4. The van der Waals surface area contributed by atoms with E-state index in [0.717, 1.165) is 85.3 Å². The van der Waals surface area contributed by atoms with E-state index in [4.69, 9.17) is 19.8 Å². The van der Waals surface area contributed by atoms with Crippen molar-refractivity contribution < 1.29 is 23.9 Å². The SMILES string of the molecule is COC1CCN(c2nccc(Nc3cc4c(cn3)c(N3CCC(N(C)Cc5ccc6c(c5)C(C(=O)C=O)N(C5CCC(=O)NC5=O)C6)CC3)nn4C(C)C)n2)CC1. The van der Waals surface area contributed by atoms with Crippen molar-refractivity contribution in [2.24, 2.45) is 0 Å². The summed E-state index contributed by atoms with van der Waals surface area (Å²) in [5.41, 5.74) is 3.72. The molecule has 3 saturated heterocycles. The smallest absolute Gasteiger partial charge is 0.243 e. The Morgan fingerprint density at radius 2 is 1.79 bits per heavy atom. The number of methoxy groups -OCH3 is 1. The second-order valence-corrected chi connectivity index (χ2v) is 16.0. The van der Waals surface area contributed by atoms with Crippen LogP contribution in [0.15, 0.2) is 42.7 Å². The van der Waals surface area contributed by atoms with Gasteiger partial charge >= 0.3 is 0 Å². The number of ether oxygens (including phenoxy) is 1. The Morgan fingerprint density at radius 3 is 2.51 bits per heavy atom. The molecular formula is C41H51N11O5. The first-order valence-corrected chi connectivity index (χ1v) is 20.0. The maximum Gasteiger partial charge on any atom is 0.243 e. The minimum absolute atomic E-state index is 0.144. The van der Waals surface area contributed by atoms with Crippen molar-refractivity contribution in [3.05, 3.63) is 59.4 Å². The lowest BCUT2D eigenvalue weighted by Crippen LogP contribution is -2.52. The lowest BCUT2D eigenvalue weighted by Gasteiger charge is -2.37. The van der Waals surface area contributed by atoms with Crippen molar-refractivity contribution in [1.29, 1.82) is 0 Å². The van der Waals surface area contributed by atoms with Gasteiger partial charge in [0.15, 0.2) is 12.1 Å². The summed E-state index contributed by atoms with van der Waals surface area (Å²) in [6.07, 6.45) is 8.62. The van der Waals surface area contributed by atoms with Gasteiger partial charge in [-0.15, -0.1) is 0 Å². The lowest BCUT2D eigenvalue weighted by molar-refractivity contribution is -0.141. The van der Waals surface area contributed by atoms with Gasteiger partial charge < -0.3 is 19.9 Å².